The Hall–Kier alpha value is -0.610. The minimum Gasteiger partial charge on any atom is -0.369 e. The van der Waals surface area contributed by atoms with E-state index in [9.17, 15) is 4.79 Å². The van der Waals surface area contributed by atoms with Crippen LogP contribution in [0.4, 0.5) is 0 Å². The number of rotatable bonds is 6. The highest BCUT2D eigenvalue weighted by atomic mass is 16.5. The predicted molar refractivity (Wildman–Crippen MR) is 78.2 cm³/mol. The van der Waals surface area contributed by atoms with E-state index in [4.69, 9.17) is 4.74 Å². The highest BCUT2D eigenvalue weighted by Crippen LogP contribution is 2.26. The molecule has 0 heterocycles. The smallest absolute Gasteiger partial charge is 0.254 e. The van der Waals surface area contributed by atoms with E-state index in [1.807, 2.05) is 25.8 Å². The average molecular weight is 270 g/mol. The van der Waals surface area contributed by atoms with Crippen LogP contribution in [0.2, 0.25) is 0 Å². The Morgan fingerprint density at radius 1 is 1.32 bits per heavy atom. The monoisotopic (exact) mass is 270 g/mol. The molecule has 1 N–H and O–H groups in total. The van der Waals surface area contributed by atoms with Crippen molar-refractivity contribution >= 4 is 5.91 Å². The summed E-state index contributed by atoms with van der Waals surface area (Å²) in [6.45, 7) is 7.06. The quantitative estimate of drug-likeness (QED) is 0.804. The third kappa shape index (κ3) is 3.93. The van der Waals surface area contributed by atoms with E-state index < -0.39 is 5.60 Å². The number of methoxy groups -OCH3 is 1. The summed E-state index contributed by atoms with van der Waals surface area (Å²) in [5.74, 6) is 0.115. The number of hydrogen-bond acceptors (Lipinski definition) is 3. The van der Waals surface area contributed by atoms with E-state index in [-0.39, 0.29) is 5.91 Å². The SMILES string of the molecule is CCNC1CCC(N(C)C(=O)C(C)(CC)OC)CC1. The van der Waals surface area contributed by atoms with Crippen LogP contribution in [-0.2, 0) is 9.53 Å². The number of nitrogens with zero attached hydrogens (tertiary/aromatic N) is 1. The molecule has 1 unspecified atom stereocenters. The van der Waals surface area contributed by atoms with Crippen LogP contribution in [0.1, 0.15) is 52.9 Å². The molecule has 4 nitrogen and oxygen atoms in total. The number of hydrogen-bond donors (Lipinski definition) is 1. The number of amides is 1. The van der Waals surface area contributed by atoms with Crippen LogP contribution in [-0.4, -0.2) is 49.2 Å². The van der Waals surface area contributed by atoms with Gasteiger partial charge in [0.1, 0.15) is 5.60 Å². The molecule has 112 valence electrons. The van der Waals surface area contributed by atoms with Crippen molar-refractivity contribution in [2.75, 3.05) is 20.7 Å². The number of carbonyl (C=O) groups is 1. The predicted octanol–water partition coefficient (Wildman–Crippen LogP) is 2.18. The molecule has 0 spiro atoms. The van der Waals surface area contributed by atoms with Gasteiger partial charge >= 0.3 is 0 Å². The van der Waals surface area contributed by atoms with Gasteiger partial charge in [0.25, 0.3) is 5.91 Å². The van der Waals surface area contributed by atoms with Crippen molar-refractivity contribution in [2.45, 2.75) is 70.6 Å². The van der Waals surface area contributed by atoms with Gasteiger partial charge in [-0.25, -0.2) is 0 Å². The maximum atomic E-state index is 12.5. The van der Waals surface area contributed by atoms with Crippen molar-refractivity contribution in [3.8, 4) is 0 Å². The highest BCUT2D eigenvalue weighted by Gasteiger charge is 2.37. The molecule has 4 heteroatoms. The Bertz CT molecular complexity index is 282. The van der Waals surface area contributed by atoms with Crippen molar-refractivity contribution in [1.82, 2.24) is 10.2 Å². The first-order chi connectivity index (χ1) is 8.98. The largest absolute Gasteiger partial charge is 0.369 e. The van der Waals surface area contributed by atoms with Gasteiger partial charge in [-0.1, -0.05) is 13.8 Å². The topological polar surface area (TPSA) is 41.6 Å². The minimum atomic E-state index is -0.673. The van der Waals surface area contributed by atoms with Gasteiger partial charge in [0.2, 0.25) is 0 Å². The number of nitrogens with one attached hydrogen (secondary N) is 1. The van der Waals surface area contributed by atoms with Gasteiger partial charge in [0.05, 0.1) is 0 Å². The second-order valence-corrected chi connectivity index (χ2v) is 5.77. The Morgan fingerprint density at radius 3 is 2.32 bits per heavy atom. The molecule has 0 aromatic carbocycles. The van der Waals surface area contributed by atoms with Crippen LogP contribution in [0.15, 0.2) is 0 Å². The van der Waals surface area contributed by atoms with Crippen molar-refractivity contribution in [3.05, 3.63) is 0 Å². The molecule has 1 aliphatic rings. The second kappa shape index (κ2) is 7.25. The molecule has 1 atom stereocenters. The summed E-state index contributed by atoms with van der Waals surface area (Å²) in [4.78, 5) is 14.4. The maximum Gasteiger partial charge on any atom is 0.254 e. The van der Waals surface area contributed by atoms with Gasteiger partial charge in [0.15, 0.2) is 0 Å². The second-order valence-electron chi connectivity index (χ2n) is 5.77. The molecule has 19 heavy (non-hydrogen) atoms. The van der Waals surface area contributed by atoms with Crippen LogP contribution >= 0.6 is 0 Å². The molecule has 0 bridgehead atoms. The number of likely N-dealkylation sites (N-methyl/N-ethyl adjacent to an activating group) is 1. The molecule has 1 saturated carbocycles. The van der Waals surface area contributed by atoms with Crippen LogP contribution in [0, 0.1) is 0 Å². The van der Waals surface area contributed by atoms with Gasteiger partial charge in [-0.05, 0) is 45.6 Å². The van der Waals surface area contributed by atoms with Crippen molar-refractivity contribution < 1.29 is 9.53 Å². The van der Waals surface area contributed by atoms with Gasteiger partial charge in [-0.15, -0.1) is 0 Å². The van der Waals surface area contributed by atoms with Gasteiger partial charge in [-0.3, -0.25) is 4.79 Å². The molecule has 0 aromatic rings. The molecule has 1 rings (SSSR count). The Kier molecular flexibility index (Phi) is 6.27. The van der Waals surface area contributed by atoms with E-state index in [1.165, 1.54) is 0 Å². The molecule has 0 aliphatic heterocycles. The molecule has 0 saturated heterocycles. The lowest BCUT2D eigenvalue weighted by atomic mass is 9.89. The van der Waals surface area contributed by atoms with E-state index in [0.29, 0.717) is 18.5 Å². The summed E-state index contributed by atoms with van der Waals surface area (Å²) in [7, 11) is 3.55. The zero-order chi connectivity index (χ0) is 14.5. The Balaban J connectivity index is 2.55. The fourth-order valence-electron chi connectivity index (χ4n) is 2.88. The summed E-state index contributed by atoms with van der Waals surface area (Å²) >= 11 is 0. The molecule has 0 radical (unpaired) electrons. The summed E-state index contributed by atoms with van der Waals surface area (Å²) in [5.41, 5.74) is -0.673. The molecular weight excluding hydrogens is 240 g/mol. The first kappa shape index (κ1) is 16.4. The van der Waals surface area contributed by atoms with Crippen molar-refractivity contribution in [2.24, 2.45) is 0 Å². The van der Waals surface area contributed by atoms with Crippen LogP contribution in [0.3, 0.4) is 0 Å². The van der Waals surface area contributed by atoms with E-state index in [2.05, 4.69) is 12.2 Å². The lowest BCUT2D eigenvalue weighted by molar-refractivity contribution is -0.154. The fourth-order valence-corrected chi connectivity index (χ4v) is 2.88. The molecular formula is C15H30N2O2. The van der Waals surface area contributed by atoms with Crippen molar-refractivity contribution in [3.63, 3.8) is 0 Å². The number of carbonyl (C=O) groups excluding carboxylic acids is 1. The first-order valence-electron chi connectivity index (χ1n) is 7.54. The summed E-state index contributed by atoms with van der Waals surface area (Å²) in [5, 5.41) is 3.50. The zero-order valence-corrected chi connectivity index (χ0v) is 13.2. The van der Waals surface area contributed by atoms with Gasteiger partial charge in [0, 0.05) is 26.2 Å². The van der Waals surface area contributed by atoms with Gasteiger partial charge in [-0.2, -0.15) is 0 Å². The lowest BCUT2D eigenvalue weighted by Crippen LogP contribution is -2.51. The van der Waals surface area contributed by atoms with Crippen LogP contribution in [0.25, 0.3) is 0 Å². The first-order valence-corrected chi connectivity index (χ1v) is 7.54. The Labute approximate surface area is 117 Å². The average Bonchev–Trinajstić information content (AvgIpc) is 2.46. The molecule has 1 aliphatic carbocycles. The molecule has 1 amide bonds. The third-order valence-electron chi connectivity index (χ3n) is 4.64. The normalized spacial score (nSPS) is 26.8. The number of ether oxygens (including phenoxy) is 1. The van der Waals surface area contributed by atoms with Crippen LogP contribution < -0.4 is 5.32 Å². The van der Waals surface area contributed by atoms with Crippen LogP contribution in [0.5, 0.6) is 0 Å². The molecule has 0 aromatic heterocycles. The summed E-state index contributed by atoms with van der Waals surface area (Å²) in [6, 6.07) is 0.994. The summed E-state index contributed by atoms with van der Waals surface area (Å²) < 4.78 is 5.42. The standard InChI is InChI=1S/C15H30N2O2/c1-6-15(3,19-5)14(18)17(4)13-10-8-12(9-11-13)16-7-2/h12-13,16H,6-11H2,1-5H3. The third-order valence-corrected chi connectivity index (χ3v) is 4.64. The Morgan fingerprint density at radius 2 is 1.89 bits per heavy atom. The van der Waals surface area contributed by atoms with E-state index in [1.54, 1.807) is 7.11 Å². The highest BCUT2D eigenvalue weighted by molar-refractivity contribution is 5.84. The zero-order valence-electron chi connectivity index (χ0n) is 13.2. The lowest BCUT2D eigenvalue weighted by Gasteiger charge is -2.39. The minimum absolute atomic E-state index is 0.115. The van der Waals surface area contributed by atoms with Crippen molar-refractivity contribution in [1.29, 1.82) is 0 Å². The maximum absolute atomic E-state index is 12.5. The van der Waals surface area contributed by atoms with E-state index >= 15 is 0 Å². The fraction of sp³-hybridized carbons (Fsp3) is 0.933. The van der Waals surface area contributed by atoms with Gasteiger partial charge < -0.3 is 15.0 Å². The molecule has 1 fully saturated rings. The summed E-state index contributed by atoms with van der Waals surface area (Å²) in [6.07, 6.45) is 5.20. The van der Waals surface area contributed by atoms with E-state index in [0.717, 1.165) is 32.2 Å².